The molecule has 2 aromatic rings. The van der Waals surface area contributed by atoms with E-state index in [1.807, 2.05) is 6.07 Å². The molecule has 0 unspecified atom stereocenters. The quantitative estimate of drug-likeness (QED) is 0.886. The van der Waals surface area contributed by atoms with Crippen molar-refractivity contribution in [2.45, 2.75) is 0 Å². The van der Waals surface area contributed by atoms with Gasteiger partial charge in [-0.1, -0.05) is 23.2 Å². The van der Waals surface area contributed by atoms with Crippen LogP contribution in [-0.4, -0.2) is 11.1 Å². The van der Waals surface area contributed by atoms with Gasteiger partial charge in [-0.3, -0.25) is 0 Å². The van der Waals surface area contributed by atoms with E-state index >= 15 is 0 Å². The van der Waals surface area contributed by atoms with E-state index in [1.54, 1.807) is 18.2 Å². The Bertz CT molecular complexity index is 724. The minimum absolute atomic E-state index is 0.00133. The summed E-state index contributed by atoms with van der Waals surface area (Å²) in [6, 6.07) is 11.3. The molecule has 0 bridgehead atoms. The van der Waals surface area contributed by atoms with E-state index < -0.39 is 5.97 Å². The fourth-order valence-corrected chi connectivity index (χ4v) is 2.03. The van der Waals surface area contributed by atoms with Crippen molar-refractivity contribution in [3.8, 4) is 6.07 Å². The first-order valence-electron chi connectivity index (χ1n) is 5.51. The number of hydrogen-bond acceptors (Lipinski definition) is 3. The van der Waals surface area contributed by atoms with Gasteiger partial charge < -0.3 is 10.4 Å². The SMILES string of the molecule is N#Cc1ccc(Nc2ccc(Cl)c(C(=O)O)c2)c(Cl)c1. The molecule has 2 rings (SSSR count). The summed E-state index contributed by atoms with van der Waals surface area (Å²) in [6.45, 7) is 0. The lowest BCUT2D eigenvalue weighted by Gasteiger charge is -2.10. The largest absolute Gasteiger partial charge is 0.478 e. The molecule has 0 aromatic heterocycles. The van der Waals surface area contributed by atoms with Crippen LogP contribution in [0.5, 0.6) is 0 Å². The number of carboxylic acids is 1. The smallest absolute Gasteiger partial charge is 0.337 e. The molecule has 0 amide bonds. The van der Waals surface area contributed by atoms with Crippen LogP contribution in [0, 0.1) is 11.3 Å². The molecule has 0 saturated carbocycles. The maximum atomic E-state index is 11.0. The number of nitrogens with one attached hydrogen (secondary N) is 1. The van der Waals surface area contributed by atoms with Crippen molar-refractivity contribution in [3.05, 3.63) is 57.6 Å². The second-order valence-electron chi connectivity index (χ2n) is 3.93. The maximum Gasteiger partial charge on any atom is 0.337 e. The lowest BCUT2D eigenvalue weighted by Crippen LogP contribution is -1.99. The summed E-state index contributed by atoms with van der Waals surface area (Å²) in [5.41, 5.74) is 1.56. The van der Waals surface area contributed by atoms with Gasteiger partial charge in [-0.25, -0.2) is 4.79 Å². The molecule has 0 fully saturated rings. The molecule has 0 aliphatic carbocycles. The fraction of sp³-hybridized carbons (Fsp3) is 0. The first kappa shape index (κ1) is 14.2. The number of carbonyl (C=O) groups is 1. The predicted molar refractivity (Wildman–Crippen MR) is 77.9 cm³/mol. The van der Waals surface area contributed by atoms with Crippen molar-refractivity contribution in [3.63, 3.8) is 0 Å². The van der Waals surface area contributed by atoms with Gasteiger partial charge in [0.05, 0.1) is 32.9 Å². The third-order valence-electron chi connectivity index (χ3n) is 2.57. The van der Waals surface area contributed by atoms with E-state index in [0.29, 0.717) is 22.0 Å². The number of carboxylic acid groups (broad SMARTS) is 1. The monoisotopic (exact) mass is 306 g/mol. The van der Waals surface area contributed by atoms with Gasteiger partial charge in [0, 0.05) is 5.69 Å². The number of benzene rings is 2. The van der Waals surface area contributed by atoms with E-state index in [2.05, 4.69) is 5.32 Å². The Morgan fingerprint density at radius 3 is 2.50 bits per heavy atom. The normalized spacial score (nSPS) is 9.85. The Morgan fingerprint density at radius 2 is 1.90 bits per heavy atom. The summed E-state index contributed by atoms with van der Waals surface area (Å²) >= 11 is 11.8. The highest BCUT2D eigenvalue weighted by atomic mass is 35.5. The van der Waals surface area contributed by atoms with Crippen LogP contribution in [0.4, 0.5) is 11.4 Å². The number of aromatic carboxylic acids is 1. The zero-order valence-electron chi connectivity index (χ0n) is 10.0. The Balaban J connectivity index is 2.33. The first-order chi connectivity index (χ1) is 9.51. The van der Waals surface area contributed by atoms with Crippen LogP contribution in [0.25, 0.3) is 0 Å². The second-order valence-corrected chi connectivity index (χ2v) is 4.75. The second kappa shape index (κ2) is 5.83. The van der Waals surface area contributed by atoms with Gasteiger partial charge in [-0.2, -0.15) is 5.26 Å². The van der Waals surface area contributed by atoms with Gasteiger partial charge in [-0.15, -0.1) is 0 Å². The van der Waals surface area contributed by atoms with E-state index in [-0.39, 0.29) is 10.6 Å². The zero-order chi connectivity index (χ0) is 14.7. The molecule has 0 saturated heterocycles. The summed E-state index contributed by atoms with van der Waals surface area (Å²) in [4.78, 5) is 11.0. The van der Waals surface area contributed by atoms with Crippen molar-refractivity contribution in [2.75, 3.05) is 5.32 Å². The molecule has 2 N–H and O–H groups in total. The van der Waals surface area contributed by atoms with Gasteiger partial charge in [0.1, 0.15) is 0 Å². The van der Waals surface area contributed by atoms with Gasteiger partial charge >= 0.3 is 5.97 Å². The molecule has 0 heterocycles. The molecule has 0 radical (unpaired) electrons. The number of anilines is 2. The van der Waals surface area contributed by atoms with Gasteiger partial charge in [0.25, 0.3) is 0 Å². The third-order valence-corrected chi connectivity index (χ3v) is 3.22. The third kappa shape index (κ3) is 3.02. The maximum absolute atomic E-state index is 11.0. The zero-order valence-corrected chi connectivity index (χ0v) is 11.5. The molecule has 100 valence electrons. The molecule has 0 spiro atoms. The minimum Gasteiger partial charge on any atom is -0.478 e. The summed E-state index contributed by atoms with van der Waals surface area (Å²) in [6.07, 6.45) is 0. The van der Waals surface area contributed by atoms with Crippen molar-refractivity contribution in [1.29, 1.82) is 5.26 Å². The molecule has 2 aromatic carbocycles. The van der Waals surface area contributed by atoms with Crippen LogP contribution in [-0.2, 0) is 0 Å². The van der Waals surface area contributed by atoms with Crippen molar-refractivity contribution in [2.24, 2.45) is 0 Å². The number of nitriles is 1. The molecule has 0 aliphatic rings. The van der Waals surface area contributed by atoms with Crippen LogP contribution in [0.15, 0.2) is 36.4 Å². The molecule has 6 heteroatoms. The lowest BCUT2D eigenvalue weighted by molar-refractivity contribution is 0.0697. The van der Waals surface area contributed by atoms with Gasteiger partial charge in [-0.05, 0) is 36.4 Å². The number of halogens is 2. The van der Waals surface area contributed by atoms with Crippen LogP contribution in [0.1, 0.15) is 15.9 Å². The van der Waals surface area contributed by atoms with Crippen molar-refractivity contribution >= 4 is 40.5 Å². The van der Waals surface area contributed by atoms with Crippen LogP contribution >= 0.6 is 23.2 Å². The number of nitrogens with zero attached hydrogens (tertiary/aromatic N) is 1. The standard InChI is InChI=1S/C14H8Cl2N2O2/c15-11-3-2-9(6-10(11)14(19)20)18-13-4-1-8(7-17)5-12(13)16/h1-6,18H,(H,19,20). The van der Waals surface area contributed by atoms with Crippen molar-refractivity contribution in [1.82, 2.24) is 0 Å². The van der Waals surface area contributed by atoms with Crippen LogP contribution in [0.3, 0.4) is 0 Å². The van der Waals surface area contributed by atoms with Crippen molar-refractivity contribution < 1.29 is 9.90 Å². The average molecular weight is 307 g/mol. The Kier molecular flexibility index (Phi) is 4.14. The molecule has 20 heavy (non-hydrogen) atoms. The summed E-state index contributed by atoms with van der Waals surface area (Å²) in [5.74, 6) is -1.11. The fourth-order valence-electron chi connectivity index (χ4n) is 1.61. The highest BCUT2D eigenvalue weighted by Gasteiger charge is 2.10. The summed E-state index contributed by atoms with van der Waals surface area (Å²) in [5, 5.41) is 21.3. The highest BCUT2D eigenvalue weighted by Crippen LogP contribution is 2.28. The molecule has 0 aliphatic heterocycles. The summed E-state index contributed by atoms with van der Waals surface area (Å²) in [7, 11) is 0. The Morgan fingerprint density at radius 1 is 1.15 bits per heavy atom. The highest BCUT2D eigenvalue weighted by molar-refractivity contribution is 6.34. The number of rotatable bonds is 3. The van der Waals surface area contributed by atoms with Gasteiger partial charge in [0.15, 0.2) is 0 Å². The van der Waals surface area contributed by atoms with E-state index in [1.165, 1.54) is 18.2 Å². The molecule has 0 atom stereocenters. The molecule has 4 nitrogen and oxygen atoms in total. The van der Waals surface area contributed by atoms with Gasteiger partial charge in [0.2, 0.25) is 0 Å². The Hall–Kier alpha value is -2.22. The minimum atomic E-state index is -1.11. The molecular weight excluding hydrogens is 299 g/mol. The average Bonchev–Trinajstić information content (AvgIpc) is 2.42. The van der Waals surface area contributed by atoms with E-state index in [0.717, 1.165) is 0 Å². The van der Waals surface area contributed by atoms with E-state index in [9.17, 15) is 4.79 Å². The van der Waals surface area contributed by atoms with Crippen LogP contribution < -0.4 is 5.32 Å². The van der Waals surface area contributed by atoms with E-state index in [4.69, 9.17) is 33.6 Å². The summed E-state index contributed by atoms with van der Waals surface area (Å²) < 4.78 is 0. The Labute approximate surface area is 125 Å². The lowest BCUT2D eigenvalue weighted by atomic mass is 10.2. The predicted octanol–water partition coefficient (Wildman–Crippen LogP) is 4.31. The number of hydrogen-bond donors (Lipinski definition) is 2. The van der Waals surface area contributed by atoms with Crippen LogP contribution in [0.2, 0.25) is 10.0 Å². The first-order valence-corrected chi connectivity index (χ1v) is 6.26. The molecular formula is C14H8Cl2N2O2. The topological polar surface area (TPSA) is 73.1 Å².